The number of hydrogen-bond acceptors (Lipinski definition) is 4. The molecule has 0 unspecified atom stereocenters. The molecule has 0 saturated carbocycles. The summed E-state index contributed by atoms with van der Waals surface area (Å²) >= 11 is 6.73. The van der Waals surface area contributed by atoms with Gasteiger partial charge in [-0.1, -0.05) is 66.5 Å². The van der Waals surface area contributed by atoms with E-state index in [1.165, 1.54) is 34.1 Å². The van der Waals surface area contributed by atoms with Gasteiger partial charge in [0.15, 0.2) is 0 Å². The summed E-state index contributed by atoms with van der Waals surface area (Å²) in [7, 11) is 0. The highest BCUT2D eigenvalue weighted by atomic mass is 32.2. The zero-order chi connectivity index (χ0) is 21.5. The number of carbonyl (C=O) groups is 1. The van der Waals surface area contributed by atoms with Crippen LogP contribution in [0.15, 0.2) is 59.5 Å². The van der Waals surface area contributed by atoms with E-state index in [0.717, 1.165) is 12.1 Å². The molecule has 0 aliphatic carbocycles. The van der Waals surface area contributed by atoms with Gasteiger partial charge in [0.1, 0.15) is 4.32 Å². The molecule has 30 heavy (non-hydrogen) atoms. The molecule has 0 radical (unpaired) electrons. The summed E-state index contributed by atoms with van der Waals surface area (Å²) in [6.07, 6.45) is 4.29. The molecular formula is C25H26N2OS2. The Balaban J connectivity index is 1.71. The van der Waals surface area contributed by atoms with Crippen LogP contribution in [0.5, 0.6) is 0 Å². The average Bonchev–Trinajstić information content (AvgIpc) is 2.98. The number of nitrogens with zero attached hydrogens (tertiary/aromatic N) is 2. The Bertz CT molecular complexity index is 1070. The lowest BCUT2D eigenvalue weighted by Gasteiger charge is -2.43. The molecule has 2 aromatic carbocycles. The van der Waals surface area contributed by atoms with Crippen molar-refractivity contribution in [3.8, 4) is 0 Å². The first-order valence-electron chi connectivity index (χ1n) is 10.2. The summed E-state index contributed by atoms with van der Waals surface area (Å²) in [5.74, 6) is 0.00400. The fourth-order valence-corrected chi connectivity index (χ4v) is 5.55. The molecule has 0 atom stereocenters. The molecule has 3 nitrogen and oxygen atoms in total. The topological polar surface area (TPSA) is 23.6 Å². The highest BCUT2D eigenvalue weighted by molar-refractivity contribution is 8.26. The van der Waals surface area contributed by atoms with E-state index >= 15 is 0 Å². The number of anilines is 1. The van der Waals surface area contributed by atoms with Crippen molar-refractivity contribution in [1.82, 2.24) is 4.90 Å². The maximum Gasteiger partial charge on any atom is 0.266 e. The summed E-state index contributed by atoms with van der Waals surface area (Å²) in [6.45, 7) is 10.1. The molecule has 154 valence electrons. The van der Waals surface area contributed by atoms with Crippen molar-refractivity contribution >= 4 is 51.5 Å². The Hall–Kier alpha value is -2.37. The van der Waals surface area contributed by atoms with Crippen LogP contribution in [0.3, 0.4) is 0 Å². The minimum atomic E-state index is -0.0853. The van der Waals surface area contributed by atoms with Gasteiger partial charge in [-0.3, -0.25) is 9.69 Å². The van der Waals surface area contributed by atoms with Crippen LogP contribution < -0.4 is 4.90 Å². The van der Waals surface area contributed by atoms with Crippen molar-refractivity contribution in [2.24, 2.45) is 0 Å². The van der Waals surface area contributed by atoms with Crippen LogP contribution in [0, 0.1) is 0 Å². The summed E-state index contributed by atoms with van der Waals surface area (Å²) in [4.78, 5) is 17.4. The number of rotatable bonds is 4. The molecule has 0 bridgehead atoms. The van der Waals surface area contributed by atoms with Crippen LogP contribution in [0.4, 0.5) is 5.69 Å². The van der Waals surface area contributed by atoms with Gasteiger partial charge >= 0.3 is 0 Å². The predicted octanol–water partition coefficient (Wildman–Crippen LogP) is 6.11. The Labute approximate surface area is 188 Å². The Morgan fingerprint density at radius 3 is 2.53 bits per heavy atom. The second-order valence-electron chi connectivity index (χ2n) is 8.26. The van der Waals surface area contributed by atoms with Crippen molar-refractivity contribution in [2.75, 3.05) is 11.4 Å². The molecular weight excluding hydrogens is 408 g/mol. The first kappa shape index (κ1) is 20.9. The van der Waals surface area contributed by atoms with E-state index < -0.39 is 0 Å². The van der Waals surface area contributed by atoms with E-state index in [4.69, 9.17) is 12.2 Å². The van der Waals surface area contributed by atoms with Gasteiger partial charge in [0.05, 0.1) is 10.4 Å². The number of fused-ring (bicyclic) bond motifs is 1. The lowest BCUT2D eigenvalue weighted by atomic mass is 9.87. The Morgan fingerprint density at radius 2 is 1.87 bits per heavy atom. The maximum atomic E-state index is 12.6. The molecule has 2 aliphatic heterocycles. The van der Waals surface area contributed by atoms with Crippen LogP contribution in [0.2, 0.25) is 0 Å². The Morgan fingerprint density at radius 1 is 1.13 bits per heavy atom. The van der Waals surface area contributed by atoms with Gasteiger partial charge < -0.3 is 4.90 Å². The van der Waals surface area contributed by atoms with E-state index in [2.05, 4.69) is 80.3 Å². The fraction of sp³-hybridized carbons (Fsp3) is 0.280. The van der Waals surface area contributed by atoms with Crippen molar-refractivity contribution < 1.29 is 4.79 Å². The molecule has 5 heteroatoms. The molecule has 1 amide bonds. The summed E-state index contributed by atoms with van der Waals surface area (Å²) in [5, 5.41) is 0. The molecule has 0 spiro atoms. The monoisotopic (exact) mass is 434 g/mol. The number of amides is 1. The van der Waals surface area contributed by atoms with E-state index in [0.29, 0.717) is 15.8 Å². The number of allylic oxidation sites excluding steroid dienone is 1. The van der Waals surface area contributed by atoms with E-state index in [9.17, 15) is 4.79 Å². The molecule has 1 saturated heterocycles. The molecule has 2 heterocycles. The highest BCUT2D eigenvalue weighted by Gasteiger charge is 2.32. The number of benzene rings is 2. The van der Waals surface area contributed by atoms with Crippen molar-refractivity contribution in [3.05, 3.63) is 76.2 Å². The van der Waals surface area contributed by atoms with Crippen molar-refractivity contribution in [1.29, 1.82) is 0 Å². The van der Waals surface area contributed by atoms with Crippen molar-refractivity contribution in [2.45, 2.75) is 39.8 Å². The number of hydrogen-bond donors (Lipinski definition) is 0. The smallest absolute Gasteiger partial charge is 0.266 e. The Kier molecular flexibility index (Phi) is 5.60. The number of likely N-dealkylation sites (N-methyl/N-ethyl adjacent to an activating group) is 1. The van der Waals surface area contributed by atoms with Crippen LogP contribution in [-0.4, -0.2) is 27.2 Å². The quantitative estimate of drug-likeness (QED) is 0.428. The van der Waals surface area contributed by atoms with Gasteiger partial charge in [-0.2, -0.15) is 0 Å². The number of thiocarbonyl (C=S) groups is 1. The standard InChI is InChI=1S/C25H26N2OS2/c1-5-26-23(28)22(30-24(26)29)14-19-11-12-21-20(13-19)17(2)15-25(3,4)27(21)16-18-9-7-6-8-10-18/h6-15H,5,16H2,1-4H3/b22-14+. The molecule has 0 aromatic heterocycles. The summed E-state index contributed by atoms with van der Waals surface area (Å²) in [6, 6.07) is 17.0. The predicted molar refractivity (Wildman–Crippen MR) is 132 cm³/mol. The third-order valence-corrected chi connectivity index (χ3v) is 7.05. The summed E-state index contributed by atoms with van der Waals surface area (Å²) in [5.41, 5.74) is 5.93. The summed E-state index contributed by atoms with van der Waals surface area (Å²) < 4.78 is 0.638. The van der Waals surface area contributed by atoms with Crippen LogP contribution in [-0.2, 0) is 11.3 Å². The first-order chi connectivity index (χ1) is 14.3. The number of thioether (sulfide) groups is 1. The molecule has 2 aromatic rings. The lowest BCUT2D eigenvalue weighted by Crippen LogP contribution is -2.44. The zero-order valence-corrected chi connectivity index (χ0v) is 19.4. The van der Waals surface area contributed by atoms with Gasteiger partial charge in [-0.05, 0) is 62.6 Å². The molecule has 0 N–H and O–H groups in total. The third kappa shape index (κ3) is 3.84. The van der Waals surface area contributed by atoms with E-state index in [-0.39, 0.29) is 11.4 Å². The normalized spacial score (nSPS) is 19.3. The van der Waals surface area contributed by atoms with Crippen molar-refractivity contribution in [3.63, 3.8) is 0 Å². The number of carbonyl (C=O) groups excluding carboxylic acids is 1. The van der Waals surface area contributed by atoms with Gasteiger partial charge in [-0.25, -0.2) is 0 Å². The average molecular weight is 435 g/mol. The van der Waals surface area contributed by atoms with E-state index in [1.807, 2.05) is 13.0 Å². The minimum absolute atomic E-state index is 0.00400. The second-order valence-corrected chi connectivity index (χ2v) is 9.93. The molecule has 4 rings (SSSR count). The molecule has 1 fully saturated rings. The molecule has 2 aliphatic rings. The first-order valence-corrected chi connectivity index (χ1v) is 11.4. The minimum Gasteiger partial charge on any atom is -0.358 e. The largest absolute Gasteiger partial charge is 0.358 e. The van der Waals surface area contributed by atoms with Crippen LogP contribution in [0.1, 0.15) is 44.4 Å². The third-order valence-electron chi connectivity index (χ3n) is 5.67. The zero-order valence-electron chi connectivity index (χ0n) is 17.8. The second kappa shape index (κ2) is 8.05. The fourth-order valence-electron chi connectivity index (χ4n) is 4.17. The van der Waals surface area contributed by atoms with Gasteiger partial charge in [-0.15, -0.1) is 0 Å². The SMILES string of the molecule is CCN1C(=O)/C(=C\c2ccc3c(c2)C(C)=CC(C)(C)N3Cc2ccccc2)SC1=S. The lowest BCUT2D eigenvalue weighted by molar-refractivity contribution is -0.121. The van der Waals surface area contributed by atoms with Crippen LogP contribution in [0.25, 0.3) is 11.6 Å². The highest BCUT2D eigenvalue weighted by Crippen LogP contribution is 2.41. The maximum absolute atomic E-state index is 12.6. The van der Waals surface area contributed by atoms with Gasteiger partial charge in [0.2, 0.25) is 0 Å². The van der Waals surface area contributed by atoms with Crippen LogP contribution >= 0.6 is 24.0 Å². The van der Waals surface area contributed by atoms with E-state index in [1.54, 1.807) is 4.90 Å². The van der Waals surface area contributed by atoms with Gasteiger partial charge in [0, 0.05) is 24.3 Å². The van der Waals surface area contributed by atoms with Gasteiger partial charge in [0.25, 0.3) is 5.91 Å².